The van der Waals surface area contributed by atoms with Crippen LogP contribution in [-0.4, -0.2) is 51.0 Å². The largest absolute Gasteiger partial charge is 0.464 e. The minimum Gasteiger partial charge on any atom is -0.464 e. The van der Waals surface area contributed by atoms with E-state index >= 15 is 0 Å². The second-order valence-corrected chi connectivity index (χ2v) is 14.5. The van der Waals surface area contributed by atoms with E-state index in [4.69, 9.17) is 4.18 Å². The summed E-state index contributed by atoms with van der Waals surface area (Å²) in [6.45, 7) is 10.3. The van der Waals surface area contributed by atoms with E-state index in [0.29, 0.717) is 22.2 Å². The van der Waals surface area contributed by atoms with Crippen LogP contribution in [0, 0.1) is 5.82 Å². The number of carboxylic acid groups (broad SMARTS) is 1. The summed E-state index contributed by atoms with van der Waals surface area (Å²) >= 11 is 0. The molecule has 1 aromatic heterocycles. The Hall–Kier alpha value is -2.80. The van der Waals surface area contributed by atoms with Crippen molar-refractivity contribution in [2.24, 2.45) is 0 Å². The van der Waals surface area contributed by atoms with Crippen molar-refractivity contribution in [2.45, 2.75) is 63.8 Å². The fourth-order valence-electron chi connectivity index (χ4n) is 4.42. The van der Waals surface area contributed by atoms with Gasteiger partial charge in [-0.3, -0.25) is 4.18 Å². The predicted octanol–water partition coefficient (Wildman–Crippen LogP) is 4.87. The average molecular weight is 569 g/mol. The highest BCUT2D eigenvalue weighted by atomic mass is 32.2. The van der Waals surface area contributed by atoms with E-state index in [0.717, 1.165) is 16.9 Å². The number of nitrogens with zero attached hydrogens (tertiary/aromatic N) is 1. The van der Waals surface area contributed by atoms with Crippen molar-refractivity contribution in [3.05, 3.63) is 53.5 Å². The maximum absolute atomic E-state index is 14.2. The number of rotatable bonds is 7. The smallest absolute Gasteiger partial charge is 0.416 e. The third kappa shape index (κ3) is 6.60. The molecule has 0 aliphatic carbocycles. The molecule has 3 aromatic rings. The number of hydrogen-bond acceptors (Lipinski definition) is 6. The first-order valence-electron chi connectivity index (χ1n) is 11.8. The van der Waals surface area contributed by atoms with Crippen molar-refractivity contribution >= 4 is 37.1 Å². The summed E-state index contributed by atoms with van der Waals surface area (Å²) < 4.78 is 72.3. The highest BCUT2D eigenvalue weighted by Gasteiger charge is 2.31. The summed E-state index contributed by atoms with van der Waals surface area (Å²) in [5.41, 5.74) is 0.347. The maximum atomic E-state index is 14.2. The van der Waals surface area contributed by atoms with Crippen LogP contribution < -0.4 is 4.72 Å². The van der Waals surface area contributed by atoms with Crippen LogP contribution >= 0.6 is 0 Å². The molecule has 0 atom stereocenters. The molecular weight excluding hydrogens is 535 g/mol. The molecule has 2 N–H and O–H groups in total. The zero-order valence-corrected chi connectivity index (χ0v) is 24.0. The SMILES string of the molecule is CC(C)(C)NS(=O)(=O)c1ccc(-c2c(C(C)(C)C)n(C(=O)O)c3cc(F)ccc23)cc1CCOS(C)(=O)=O. The molecule has 0 unspecified atom stereocenters. The van der Waals surface area contributed by atoms with Crippen LogP contribution in [-0.2, 0) is 36.2 Å². The molecule has 208 valence electrons. The van der Waals surface area contributed by atoms with Gasteiger partial charge in [-0.25, -0.2) is 26.9 Å². The molecule has 9 nitrogen and oxygen atoms in total. The minimum absolute atomic E-state index is 0.0569. The predicted molar refractivity (Wildman–Crippen MR) is 144 cm³/mol. The van der Waals surface area contributed by atoms with Crippen LogP contribution in [0.5, 0.6) is 0 Å². The summed E-state index contributed by atoms with van der Waals surface area (Å²) in [7, 11) is -7.78. The van der Waals surface area contributed by atoms with E-state index < -0.39 is 43.0 Å². The highest BCUT2D eigenvalue weighted by molar-refractivity contribution is 7.89. The number of sulfonamides is 1. The second kappa shape index (κ2) is 10.1. The number of aromatic nitrogens is 1. The van der Waals surface area contributed by atoms with Crippen molar-refractivity contribution in [1.82, 2.24) is 9.29 Å². The molecular formula is C26H33FN2O7S2. The van der Waals surface area contributed by atoms with Gasteiger partial charge in [-0.05, 0) is 68.7 Å². The monoisotopic (exact) mass is 568 g/mol. The molecule has 0 radical (unpaired) electrons. The normalized spacial score (nSPS) is 13.3. The number of halogens is 1. The standard InChI is InChI=1S/C26H33FN2O7S2/c1-25(2,3)23-22(19-10-9-18(27)15-20(19)29(23)24(30)31)17-8-11-21(38(34,35)28-26(4,5)6)16(14-17)12-13-36-37(7,32)33/h8-11,14-15,28H,12-13H2,1-7H3,(H,30,31). The Balaban J connectivity index is 2.35. The zero-order chi connectivity index (χ0) is 28.8. The number of carbonyl (C=O) groups is 1. The summed E-state index contributed by atoms with van der Waals surface area (Å²) in [5, 5.41) is 10.5. The van der Waals surface area contributed by atoms with Crippen LogP contribution in [0.1, 0.15) is 52.8 Å². The fraction of sp³-hybridized carbons (Fsp3) is 0.423. The first kappa shape index (κ1) is 29.8. The molecule has 0 bridgehead atoms. The van der Waals surface area contributed by atoms with Crippen molar-refractivity contribution in [2.75, 3.05) is 12.9 Å². The van der Waals surface area contributed by atoms with Crippen LogP contribution in [0.15, 0.2) is 41.3 Å². The Morgan fingerprint density at radius 3 is 2.18 bits per heavy atom. The molecule has 0 aliphatic heterocycles. The van der Waals surface area contributed by atoms with Gasteiger partial charge in [-0.1, -0.05) is 26.8 Å². The quantitative estimate of drug-likeness (QED) is 0.389. The Morgan fingerprint density at radius 2 is 1.66 bits per heavy atom. The van der Waals surface area contributed by atoms with Gasteiger partial charge < -0.3 is 5.11 Å². The van der Waals surface area contributed by atoms with Gasteiger partial charge in [0.05, 0.1) is 23.3 Å². The molecule has 2 aromatic carbocycles. The first-order chi connectivity index (χ1) is 17.2. The summed E-state index contributed by atoms with van der Waals surface area (Å²) in [6, 6.07) is 8.43. The van der Waals surface area contributed by atoms with Crippen LogP contribution in [0.2, 0.25) is 0 Å². The van der Waals surface area contributed by atoms with Gasteiger partial charge in [0.15, 0.2) is 0 Å². The third-order valence-electron chi connectivity index (χ3n) is 5.58. The van der Waals surface area contributed by atoms with Crippen LogP contribution in [0.4, 0.5) is 9.18 Å². The lowest BCUT2D eigenvalue weighted by Crippen LogP contribution is -2.40. The van der Waals surface area contributed by atoms with Crippen molar-refractivity contribution in [3.8, 4) is 11.1 Å². The van der Waals surface area contributed by atoms with Gasteiger partial charge in [-0.15, -0.1) is 0 Å². The number of fused-ring (bicyclic) bond motifs is 1. The number of nitrogens with one attached hydrogen (secondary N) is 1. The topological polar surface area (TPSA) is 132 Å². The molecule has 0 spiro atoms. The second-order valence-electron chi connectivity index (χ2n) is 11.2. The molecule has 3 rings (SSSR count). The van der Waals surface area contributed by atoms with Gasteiger partial charge in [0, 0.05) is 27.6 Å². The highest BCUT2D eigenvalue weighted by Crippen LogP contribution is 2.42. The van der Waals surface area contributed by atoms with E-state index in [2.05, 4.69) is 4.72 Å². The van der Waals surface area contributed by atoms with E-state index in [1.165, 1.54) is 18.2 Å². The Morgan fingerprint density at radius 1 is 1.03 bits per heavy atom. The van der Waals surface area contributed by atoms with E-state index in [1.54, 1.807) is 32.9 Å². The number of benzene rings is 2. The lowest BCUT2D eigenvalue weighted by molar-refractivity contribution is 0.195. The third-order valence-corrected chi connectivity index (χ3v) is 8.03. The van der Waals surface area contributed by atoms with Crippen molar-refractivity contribution < 1.29 is 35.3 Å². The molecule has 0 saturated heterocycles. The maximum Gasteiger partial charge on any atom is 0.416 e. The van der Waals surface area contributed by atoms with Gasteiger partial charge >= 0.3 is 6.09 Å². The lowest BCUT2D eigenvalue weighted by Gasteiger charge is -2.24. The van der Waals surface area contributed by atoms with Gasteiger partial charge in [-0.2, -0.15) is 8.42 Å². The summed E-state index contributed by atoms with van der Waals surface area (Å²) in [6.07, 6.45) is -0.442. The first-order valence-corrected chi connectivity index (χ1v) is 15.1. The van der Waals surface area contributed by atoms with Crippen LogP contribution in [0.25, 0.3) is 22.0 Å². The Labute approximate surface area is 222 Å². The minimum atomic E-state index is -4.01. The molecule has 0 saturated carbocycles. The fourth-order valence-corrected chi connectivity index (χ4v) is 6.47. The molecule has 0 amide bonds. The molecule has 0 fully saturated rings. The summed E-state index contributed by atoms with van der Waals surface area (Å²) in [4.78, 5) is 12.3. The number of hydrogen-bond donors (Lipinski definition) is 2. The molecule has 12 heteroatoms. The van der Waals surface area contributed by atoms with E-state index in [-0.39, 0.29) is 29.0 Å². The van der Waals surface area contributed by atoms with E-state index in [1.807, 2.05) is 20.8 Å². The van der Waals surface area contributed by atoms with Gasteiger partial charge in [0.25, 0.3) is 10.1 Å². The van der Waals surface area contributed by atoms with Crippen molar-refractivity contribution in [3.63, 3.8) is 0 Å². The zero-order valence-electron chi connectivity index (χ0n) is 22.4. The van der Waals surface area contributed by atoms with Crippen LogP contribution in [0.3, 0.4) is 0 Å². The van der Waals surface area contributed by atoms with Gasteiger partial charge in [0.1, 0.15) is 5.82 Å². The van der Waals surface area contributed by atoms with Gasteiger partial charge in [0.2, 0.25) is 10.0 Å². The van der Waals surface area contributed by atoms with E-state index in [9.17, 15) is 31.1 Å². The average Bonchev–Trinajstić information content (AvgIpc) is 3.06. The Kier molecular flexibility index (Phi) is 7.88. The molecule has 38 heavy (non-hydrogen) atoms. The van der Waals surface area contributed by atoms with Crippen molar-refractivity contribution in [1.29, 1.82) is 0 Å². The molecule has 1 heterocycles. The summed E-state index contributed by atoms with van der Waals surface area (Å²) in [5.74, 6) is -0.599. The Bertz CT molecular complexity index is 1610. The lowest BCUT2D eigenvalue weighted by atomic mass is 9.86. The molecule has 0 aliphatic rings.